The van der Waals surface area contributed by atoms with Crippen LogP contribution in [0.2, 0.25) is 0 Å². The van der Waals surface area contributed by atoms with Gasteiger partial charge in [0.05, 0.1) is 24.6 Å². The first-order chi connectivity index (χ1) is 12.3. The van der Waals surface area contributed by atoms with Crippen LogP contribution in [0.4, 0.5) is 0 Å². The van der Waals surface area contributed by atoms with Crippen molar-refractivity contribution in [3.8, 4) is 0 Å². The monoisotopic (exact) mass is 396 g/mol. The normalized spacial score (nSPS) is 31.5. The van der Waals surface area contributed by atoms with Crippen molar-refractivity contribution < 1.29 is 19.8 Å². The first kappa shape index (κ1) is 17.9. The Balaban J connectivity index is 1.59. The number of fused-ring (bicyclic) bond motifs is 2. The molecule has 3 aliphatic rings. The summed E-state index contributed by atoms with van der Waals surface area (Å²) in [4.78, 5) is 30.7. The number of hydrogen-bond donors (Lipinski definition) is 2. The van der Waals surface area contributed by atoms with Gasteiger partial charge in [-0.2, -0.15) is 5.10 Å². The third kappa shape index (κ3) is 2.57. The number of aromatic nitrogens is 3. The Bertz CT molecular complexity index is 821. The van der Waals surface area contributed by atoms with Crippen molar-refractivity contribution in [3.05, 3.63) is 16.4 Å². The molecule has 1 fully saturated rings. The summed E-state index contributed by atoms with van der Waals surface area (Å²) in [6.45, 7) is 6.05. The second-order valence-corrected chi connectivity index (χ2v) is 9.28. The van der Waals surface area contributed by atoms with Gasteiger partial charge in [0.1, 0.15) is 11.5 Å². The molecule has 0 saturated carbocycles. The molecule has 1 amide bonds. The number of carboxylic acids is 1. The number of β-lactam (4-membered cyclic amide) rings is 1. The Kier molecular flexibility index (Phi) is 4.31. The molecule has 10 heteroatoms. The fourth-order valence-electron chi connectivity index (χ4n) is 4.00. The molecule has 2 N–H and O–H groups in total. The summed E-state index contributed by atoms with van der Waals surface area (Å²) in [5.41, 5.74) is 0.0833. The highest BCUT2D eigenvalue weighted by Gasteiger charge is 2.60. The lowest BCUT2D eigenvalue weighted by molar-refractivity contribution is -0.163. The third-order valence-corrected chi connectivity index (χ3v) is 7.93. The summed E-state index contributed by atoms with van der Waals surface area (Å²) in [5, 5.41) is 25.0. The molecule has 4 heterocycles. The van der Waals surface area contributed by atoms with E-state index >= 15 is 0 Å². The second-order valence-electron chi connectivity index (χ2n) is 6.95. The summed E-state index contributed by atoms with van der Waals surface area (Å²) < 4.78 is 1.86. The van der Waals surface area contributed by atoms with Gasteiger partial charge in [-0.1, -0.05) is 18.7 Å². The number of carbonyl (C=O) groups excluding carboxylic acids is 1. The van der Waals surface area contributed by atoms with Crippen molar-refractivity contribution >= 4 is 35.4 Å². The molecular weight excluding hydrogens is 376 g/mol. The van der Waals surface area contributed by atoms with Crippen LogP contribution in [0.5, 0.6) is 0 Å². The van der Waals surface area contributed by atoms with Gasteiger partial charge in [0.2, 0.25) is 5.91 Å². The molecule has 140 valence electrons. The Labute approximate surface area is 159 Å². The molecule has 1 aromatic rings. The van der Waals surface area contributed by atoms with Crippen LogP contribution in [0.1, 0.15) is 19.7 Å². The number of rotatable bonds is 4. The standard InChI is InChI=1S/C16H20N4O4S2/c1-6-11-10(7(2)21)14(22)20(11)12(15(23)24)13(6)26-9-4-19-16(25-5-9)17-8(3)18-19/h6-7,9-11,21H,4-5H2,1-3H3,(H,23,24). The van der Waals surface area contributed by atoms with E-state index in [1.54, 1.807) is 18.7 Å². The van der Waals surface area contributed by atoms with Crippen molar-refractivity contribution in [2.75, 3.05) is 5.75 Å². The smallest absolute Gasteiger partial charge is 0.353 e. The molecule has 5 unspecified atom stereocenters. The van der Waals surface area contributed by atoms with Crippen LogP contribution < -0.4 is 0 Å². The third-order valence-electron chi connectivity index (χ3n) is 5.12. The van der Waals surface area contributed by atoms with Gasteiger partial charge >= 0.3 is 5.97 Å². The summed E-state index contributed by atoms with van der Waals surface area (Å²) in [5.74, 6) is -0.468. The van der Waals surface area contributed by atoms with Crippen LogP contribution in [-0.4, -0.2) is 64.9 Å². The van der Waals surface area contributed by atoms with E-state index in [9.17, 15) is 19.8 Å². The number of aryl methyl sites for hydroxylation is 1. The SMILES string of the molecule is Cc1nc2n(n1)CC(SC1=C(C(=O)O)N3C(=O)C(C(C)O)C3C1C)CS2. The minimum absolute atomic E-state index is 0.0833. The number of carboxylic acid groups (broad SMARTS) is 1. The number of aliphatic hydroxyl groups excluding tert-OH is 1. The number of nitrogens with zero attached hydrogens (tertiary/aromatic N) is 4. The van der Waals surface area contributed by atoms with Gasteiger partial charge in [-0.05, 0) is 13.8 Å². The van der Waals surface area contributed by atoms with E-state index in [-0.39, 0.29) is 28.8 Å². The van der Waals surface area contributed by atoms with Gasteiger partial charge in [-0.25, -0.2) is 14.5 Å². The zero-order chi connectivity index (χ0) is 18.7. The van der Waals surface area contributed by atoms with E-state index in [1.807, 2.05) is 18.5 Å². The average Bonchev–Trinajstić information content (AvgIpc) is 3.03. The van der Waals surface area contributed by atoms with E-state index in [4.69, 9.17) is 0 Å². The fourth-order valence-corrected chi connectivity index (χ4v) is 6.61. The van der Waals surface area contributed by atoms with Crippen molar-refractivity contribution in [1.82, 2.24) is 19.7 Å². The highest BCUT2D eigenvalue weighted by molar-refractivity contribution is 8.05. The number of hydrogen-bond acceptors (Lipinski definition) is 7. The molecular formula is C16H20N4O4S2. The zero-order valence-corrected chi connectivity index (χ0v) is 16.3. The van der Waals surface area contributed by atoms with Gasteiger partial charge in [0, 0.05) is 21.8 Å². The van der Waals surface area contributed by atoms with Gasteiger partial charge in [0.25, 0.3) is 0 Å². The van der Waals surface area contributed by atoms with Gasteiger partial charge in [0.15, 0.2) is 5.16 Å². The number of amides is 1. The van der Waals surface area contributed by atoms with Crippen LogP contribution in [0.3, 0.4) is 0 Å². The van der Waals surface area contributed by atoms with E-state index in [0.29, 0.717) is 6.54 Å². The molecule has 3 aliphatic heterocycles. The molecule has 0 radical (unpaired) electrons. The van der Waals surface area contributed by atoms with E-state index < -0.39 is 18.0 Å². The Morgan fingerprint density at radius 3 is 2.85 bits per heavy atom. The van der Waals surface area contributed by atoms with Crippen LogP contribution >= 0.6 is 23.5 Å². The van der Waals surface area contributed by atoms with Gasteiger partial charge < -0.3 is 15.1 Å². The molecule has 0 spiro atoms. The maximum absolute atomic E-state index is 12.4. The highest BCUT2D eigenvalue weighted by Crippen LogP contribution is 2.52. The number of aliphatic carboxylic acids is 1. The summed E-state index contributed by atoms with van der Waals surface area (Å²) in [7, 11) is 0. The van der Waals surface area contributed by atoms with Crippen LogP contribution in [0.15, 0.2) is 15.8 Å². The largest absolute Gasteiger partial charge is 0.477 e. The zero-order valence-electron chi connectivity index (χ0n) is 14.6. The van der Waals surface area contributed by atoms with Crippen molar-refractivity contribution in [1.29, 1.82) is 0 Å². The van der Waals surface area contributed by atoms with Crippen molar-refractivity contribution in [2.24, 2.45) is 11.8 Å². The lowest BCUT2D eigenvalue weighted by Gasteiger charge is -2.46. The fraction of sp³-hybridized carbons (Fsp3) is 0.625. The lowest BCUT2D eigenvalue weighted by atomic mass is 9.79. The minimum atomic E-state index is -1.08. The Morgan fingerprint density at radius 1 is 1.46 bits per heavy atom. The quantitative estimate of drug-likeness (QED) is 0.724. The summed E-state index contributed by atoms with van der Waals surface area (Å²) in [6.07, 6.45) is -0.781. The maximum Gasteiger partial charge on any atom is 0.353 e. The topological polar surface area (TPSA) is 109 Å². The Morgan fingerprint density at radius 2 is 2.19 bits per heavy atom. The first-order valence-electron chi connectivity index (χ1n) is 8.49. The first-order valence-corrected chi connectivity index (χ1v) is 10.4. The number of aliphatic hydroxyl groups is 1. The predicted octanol–water partition coefficient (Wildman–Crippen LogP) is 0.948. The van der Waals surface area contributed by atoms with Crippen molar-refractivity contribution in [2.45, 2.75) is 49.9 Å². The molecule has 26 heavy (non-hydrogen) atoms. The average molecular weight is 396 g/mol. The van der Waals surface area contributed by atoms with Gasteiger partial charge in [-0.15, -0.1) is 11.8 Å². The predicted molar refractivity (Wildman–Crippen MR) is 96.5 cm³/mol. The van der Waals surface area contributed by atoms with E-state index in [2.05, 4.69) is 10.1 Å². The van der Waals surface area contributed by atoms with Crippen LogP contribution in [0.25, 0.3) is 0 Å². The van der Waals surface area contributed by atoms with E-state index in [0.717, 1.165) is 21.6 Å². The molecule has 0 bridgehead atoms. The molecule has 1 saturated heterocycles. The van der Waals surface area contributed by atoms with Crippen LogP contribution in [0, 0.1) is 18.8 Å². The molecule has 5 atom stereocenters. The van der Waals surface area contributed by atoms with Crippen LogP contribution in [-0.2, 0) is 16.1 Å². The molecule has 8 nitrogen and oxygen atoms in total. The highest BCUT2D eigenvalue weighted by atomic mass is 32.2. The maximum atomic E-state index is 12.4. The summed E-state index contributed by atoms with van der Waals surface area (Å²) in [6, 6.07) is -0.267. The van der Waals surface area contributed by atoms with Gasteiger partial charge in [-0.3, -0.25) is 4.79 Å². The lowest BCUT2D eigenvalue weighted by Crippen LogP contribution is -2.63. The molecule has 0 aromatic carbocycles. The Hall–Kier alpha value is -1.52. The number of carbonyl (C=O) groups is 2. The molecule has 1 aromatic heterocycles. The minimum Gasteiger partial charge on any atom is -0.477 e. The molecule has 0 aliphatic carbocycles. The summed E-state index contributed by atoms with van der Waals surface area (Å²) >= 11 is 3.14. The van der Waals surface area contributed by atoms with E-state index in [1.165, 1.54) is 16.7 Å². The second kappa shape index (κ2) is 6.28. The van der Waals surface area contributed by atoms with Crippen molar-refractivity contribution in [3.63, 3.8) is 0 Å². The number of thioether (sulfide) groups is 2. The molecule has 4 rings (SSSR count).